The van der Waals surface area contributed by atoms with Gasteiger partial charge < -0.3 is 10.6 Å². The Kier molecular flexibility index (Phi) is 10.5. The number of hydrogen-bond acceptors (Lipinski definition) is 5. The van der Waals surface area contributed by atoms with Crippen molar-refractivity contribution in [3.05, 3.63) is 39.9 Å². The van der Waals surface area contributed by atoms with E-state index in [0.29, 0.717) is 19.0 Å². The van der Waals surface area contributed by atoms with E-state index < -0.39 is 14.9 Å². The number of sulfonamides is 1. The minimum absolute atomic E-state index is 0. The van der Waals surface area contributed by atoms with E-state index >= 15 is 0 Å². The highest BCUT2D eigenvalue weighted by Gasteiger charge is 2.05. The van der Waals surface area contributed by atoms with Gasteiger partial charge in [-0.1, -0.05) is 12.1 Å². The lowest BCUT2D eigenvalue weighted by Crippen LogP contribution is -2.44. The van der Waals surface area contributed by atoms with Crippen molar-refractivity contribution >= 4 is 45.6 Å². The maximum Gasteiger partial charge on any atom is 0.269 e. The second-order valence-electron chi connectivity index (χ2n) is 5.48. The van der Waals surface area contributed by atoms with Gasteiger partial charge in [-0.25, -0.2) is 18.1 Å². The largest absolute Gasteiger partial charge is 0.355 e. The quantitative estimate of drug-likeness (QED) is 0.127. The van der Waals surface area contributed by atoms with Gasteiger partial charge in [0.25, 0.3) is 5.69 Å². The van der Waals surface area contributed by atoms with Gasteiger partial charge in [0.05, 0.1) is 17.7 Å². The van der Waals surface area contributed by atoms with E-state index in [1.54, 1.807) is 12.1 Å². The molecule has 0 radical (unpaired) electrons. The number of halogens is 1. The monoisotopic (exact) mass is 485 g/mol. The van der Waals surface area contributed by atoms with Gasteiger partial charge in [-0.05, 0) is 19.4 Å². The highest BCUT2D eigenvalue weighted by molar-refractivity contribution is 14.0. The van der Waals surface area contributed by atoms with Crippen LogP contribution in [0.3, 0.4) is 0 Å². The molecule has 11 heteroatoms. The van der Waals surface area contributed by atoms with Crippen molar-refractivity contribution in [1.82, 2.24) is 15.4 Å². The summed E-state index contributed by atoms with van der Waals surface area (Å²) >= 11 is 0. The van der Waals surface area contributed by atoms with Crippen LogP contribution in [0.4, 0.5) is 5.69 Å². The average molecular weight is 485 g/mol. The van der Waals surface area contributed by atoms with Crippen LogP contribution in [0.5, 0.6) is 0 Å². The second-order valence-corrected chi connectivity index (χ2v) is 7.31. The van der Waals surface area contributed by atoms with Crippen LogP contribution in [-0.2, 0) is 16.6 Å². The van der Waals surface area contributed by atoms with Crippen LogP contribution in [-0.4, -0.2) is 44.7 Å². The molecule has 142 valence electrons. The molecule has 1 aromatic carbocycles. The molecule has 0 aromatic heterocycles. The molecule has 1 rings (SSSR count). The number of hydrogen-bond donors (Lipinski definition) is 3. The predicted molar refractivity (Wildman–Crippen MR) is 109 cm³/mol. The first-order chi connectivity index (χ1) is 11.2. The zero-order chi connectivity index (χ0) is 18.2. The third-order valence-corrected chi connectivity index (χ3v) is 3.50. The number of guanidine groups is 1. The first-order valence-electron chi connectivity index (χ1n) is 7.40. The van der Waals surface area contributed by atoms with E-state index in [-0.39, 0.29) is 42.3 Å². The van der Waals surface area contributed by atoms with Gasteiger partial charge in [0, 0.05) is 31.3 Å². The van der Waals surface area contributed by atoms with E-state index in [1.165, 1.54) is 12.1 Å². The molecule has 0 fully saturated rings. The van der Waals surface area contributed by atoms with E-state index in [9.17, 15) is 18.5 Å². The first kappa shape index (κ1) is 23.5. The number of nitro benzene ring substituents is 1. The molecular weight excluding hydrogens is 461 g/mol. The molecular formula is C14H24IN5O4S. The number of nitrogens with zero attached hydrogens (tertiary/aromatic N) is 2. The van der Waals surface area contributed by atoms with E-state index in [1.807, 2.05) is 13.8 Å². The Labute approximate surface area is 164 Å². The zero-order valence-corrected chi connectivity index (χ0v) is 17.5. The van der Waals surface area contributed by atoms with Crippen LogP contribution in [0.25, 0.3) is 0 Å². The minimum Gasteiger partial charge on any atom is -0.355 e. The highest BCUT2D eigenvalue weighted by Crippen LogP contribution is 2.12. The normalized spacial score (nSPS) is 11.8. The summed E-state index contributed by atoms with van der Waals surface area (Å²) < 4.78 is 24.4. The van der Waals surface area contributed by atoms with Gasteiger partial charge in [-0.2, -0.15) is 0 Å². The number of non-ortho nitro benzene ring substituents is 1. The summed E-state index contributed by atoms with van der Waals surface area (Å²) in [5, 5.41) is 16.8. The lowest BCUT2D eigenvalue weighted by molar-refractivity contribution is -0.384. The predicted octanol–water partition coefficient (Wildman–Crippen LogP) is 1.21. The summed E-state index contributed by atoms with van der Waals surface area (Å²) in [6.07, 6.45) is 1.10. The molecule has 9 nitrogen and oxygen atoms in total. The SMILES string of the molecule is CC(C)NC(=NCc1ccc([N+](=O)[O-])cc1)NCCNS(C)(=O)=O.I. The third kappa shape index (κ3) is 10.9. The molecule has 25 heavy (non-hydrogen) atoms. The van der Waals surface area contributed by atoms with Gasteiger partial charge >= 0.3 is 0 Å². The molecule has 3 N–H and O–H groups in total. The number of aliphatic imine (C=N–C) groups is 1. The van der Waals surface area contributed by atoms with E-state index in [4.69, 9.17) is 0 Å². The fraction of sp³-hybridized carbons (Fsp3) is 0.500. The lowest BCUT2D eigenvalue weighted by Gasteiger charge is -2.15. The molecule has 0 aliphatic rings. The molecule has 0 spiro atoms. The molecule has 0 aliphatic carbocycles. The summed E-state index contributed by atoms with van der Waals surface area (Å²) in [6, 6.07) is 6.32. The van der Waals surface area contributed by atoms with Crippen molar-refractivity contribution in [2.45, 2.75) is 26.4 Å². The van der Waals surface area contributed by atoms with Crippen LogP contribution >= 0.6 is 24.0 Å². The molecule has 0 saturated carbocycles. The molecule has 0 heterocycles. The van der Waals surface area contributed by atoms with Gasteiger partial charge in [-0.15, -0.1) is 24.0 Å². The molecule has 0 atom stereocenters. The molecule has 1 aromatic rings. The first-order valence-corrected chi connectivity index (χ1v) is 9.29. The summed E-state index contributed by atoms with van der Waals surface area (Å²) in [5.74, 6) is 0.540. The van der Waals surface area contributed by atoms with Crippen LogP contribution < -0.4 is 15.4 Å². The maximum absolute atomic E-state index is 11.0. The average Bonchev–Trinajstić information content (AvgIpc) is 2.47. The summed E-state index contributed by atoms with van der Waals surface area (Å²) in [5.41, 5.74) is 0.868. The summed E-state index contributed by atoms with van der Waals surface area (Å²) in [4.78, 5) is 14.6. The Bertz CT molecular complexity index is 677. The van der Waals surface area contributed by atoms with Crippen LogP contribution in [0.2, 0.25) is 0 Å². The highest BCUT2D eigenvalue weighted by atomic mass is 127. The van der Waals surface area contributed by atoms with Crippen LogP contribution in [0.1, 0.15) is 19.4 Å². The molecule has 0 bridgehead atoms. The van der Waals surface area contributed by atoms with Gasteiger partial charge in [-0.3, -0.25) is 10.1 Å². The Morgan fingerprint density at radius 2 is 1.84 bits per heavy atom. The Morgan fingerprint density at radius 1 is 1.24 bits per heavy atom. The van der Waals surface area contributed by atoms with Crippen molar-refractivity contribution in [2.24, 2.45) is 4.99 Å². The fourth-order valence-electron chi connectivity index (χ4n) is 1.74. The van der Waals surface area contributed by atoms with Crippen molar-refractivity contribution in [3.8, 4) is 0 Å². The standard InChI is InChI=1S/C14H23N5O4S.HI/c1-11(2)18-14(15-8-9-17-24(3,22)23)16-10-12-4-6-13(7-5-12)19(20)21;/h4-7,11,17H,8-10H2,1-3H3,(H2,15,16,18);1H. The Hall–Kier alpha value is -1.47. The lowest BCUT2D eigenvalue weighted by atomic mass is 10.2. The Balaban J connectivity index is 0.00000576. The number of nitrogens with one attached hydrogen (secondary N) is 3. The van der Waals surface area contributed by atoms with Crippen molar-refractivity contribution in [3.63, 3.8) is 0 Å². The van der Waals surface area contributed by atoms with Crippen molar-refractivity contribution in [1.29, 1.82) is 0 Å². The number of rotatable bonds is 8. The van der Waals surface area contributed by atoms with Crippen molar-refractivity contribution in [2.75, 3.05) is 19.3 Å². The topological polar surface area (TPSA) is 126 Å². The zero-order valence-electron chi connectivity index (χ0n) is 14.4. The summed E-state index contributed by atoms with van der Waals surface area (Å²) in [7, 11) is -3.22. The molecule has 0 saturated heterocycles. The van der Waals surface area contributed by atoms with Crippen LogP contribution in [0.15, 0.2) is 29.3 Å². The van der Waals surface area contributed by atoms with Gasteiger partial charge in [0.2, 0.25) is 10.0 Å². The van der Waals surface area contributed by atoms with Crippen LogP contribution in [0, 0.1) is 10.1 Å². The van der Waals surface area contributed by atoms with Crippen molar-refractivity contribution < 1.29 is 13.3 Å². The molecule has 0 amide bonds. The maximum atomic E-state index is 11.0. The number of nitro groups is 1. The van der Waals surface area contributed by atoms with Gasteiger partial charge in [0.15, 0.2) is 5.96 Å². The summed E-state index contributed by atoms with van der Waals surface area (Å²) in [6.45, 7) is 4.89. The third-order valence-electron chi connectivity index (χ3n) is 2.77. The second kappa shape index (κ2) is 11.2. The Morgan fingerprint density at radius 3 is 2.32 bits per heavy atom. The number of benzene rings is 1. The molecule has 0 aliphatic heterocycles. The molecule has 0 unspecified atom stereocenters. The smallest absolute Gasteiger partial charge is 0.269 e. The van der Waals surface area contributed by atoms with E-state index in [2.05, 4.69) is 20.3 Å². The minimum atomic E-state index is -3.22. The van der Waals surface area contributed by atoms with E-state index in [0.717, 1.165) is 11.8 Å². The fourth-order valence-corrected chi connectivity index (χ4v) is 2.21. The van der Waals surface area contributed by atoms with Gasteiger partial charge in [0.1, 0.15) is 0 Å².